The molecule has 0 bridgehead atoms. The second-order valence-corrected chi connectivity index (χ2v) is 7.56. The van der Waals surface area contributed by atoms with Crippen LogP contribution in [0.1, 0.15) is 5.56 Å². The molecule has 0 spiro atoms. The number of hydrogen-bond donors (Lipinski definition) is 1. The number of nitrogens with zero attached hydrogens (tertiary/aromatic N) is 2. The van der Waals surface area contributed by atoms with Crippen LogP contribution in [0.2, 0.25) is 5.02 Å². The van der Waals surface area contributed by atoms with Gasteiger partial charge in [0, 0.05) is 31.7 Å². The summed E-state index contributed by atoms with van der Waals surface area (Å²) in [7, 11) is -0.933. The monoisotopic (exact) mass is 369 g/mol. The molecule has 128 valence electrons. The van der Waals surface area contributed by atoms with Crippen LogP contribution < -0.4 is 5.32 Å². The van der Waals surface area contributed by atoms with Gasteiger partial charge in [0.15, 0.2) is 0 Å². The maximum absolute atomic E-state index is 12.6. The summed E-state index contributed by atoms with van der Waals surface area (Å²) < 4.78 is 26.4. The third kappa shape index (κ3) is 3.84. The summed E-state index contributed by atoms with van der Waals surface area (Å²) in [6.07, 6.45) is 0. The average molecular weight is 370 g/mol. The molecule has 9 heteroatoms. The molecule has 2 rings (SSSR count). The van der Waals surface area contributed by atoms with Crippen molar-refractivity contribution in [2.45, 2.75) is 11.4 Å². The van der Waals surface area contributed by atoms with Crippen molar-refractivity contribution in [3.05, 3.63) is 63.2 Å². The molecule has 0 atom stereocenters. The molecule has 0 heterocycles. The highest BCUT2D eigenvalue weighted by Crippen LogP contribution is 2.28. The molecule has 0 aromatic heterocycles. The highest BCUT2D eigenvalue weighted by molar-refractivity contribution is 7.89. The minimum atomic E-state index is -3.87. The number of benzene rings is 2. The lowest BCUT2D eigenvalue weighted by Gasteiger charge is -2.17. The van der Waals surface area contributed by atoms with Crippen molar-refractivity contribution in [2.24, 2.45) is 0 Å². The van der Waals surface area contributed by atoms with Gasteiger partial charge in [-0.05, 0) is 29.8 Å². The first-order chi connectivity index (χ1) is 11.3. The van der Waals surface area contributed by atoms with Crippen molar-refractivity contribution in [3.8, 4) is 0 Å². The minimum Gasteiger partial charge on any atom is -0.383 e. The van der Waals surface area contributed by atoms with Gasteiger partial charge in [-0.2, -0.15) is 4.31 Å². The Morgan fingerprint density at radius 2 is 1.96 bits per heavy atom. The van der Waals surface area contributed by atoms with E-state index in [2.05, 4.69) is 5.32 Å². The molecule has 0 aliphatic rings. The van der Waals surface area contributed by atoms with Crippen molar-refractivity contribution in [1.29, 1.82) is 0 Å². The van der Waals surface area contributed by atoms with Crippen LogP contribution in [-0.2, 0) is 16.6 Å². The Kier molecular flexibility index (Phi) is 5.43. The predicted octanol–water partition coefficient (Wildman–Crippen LogP) is 3.11. The van der Waals surface area contributed by atoms with Crippen molar-refractivity contribution in [3.63, 3.8) is 0 Å². The van der Waals surface area contributed by atoms with Gasteiger partial charge in [-0.3, -0.25) is 10.1 Å². The van der Waals surface area contributed by atoms with E-state index in [4.69, 9.17) is 11.6 Å². The summed E-state index contributed by atoms with van der Waals surface area (Å²) in [5.74, 6) is 0. The van der Waals surface area contributed by atoms with Crippen LogP contribution in [0.15, 0.2) is 47.4 Å². The molecule has 0 saturated carbocycles. The highest BCUT2D eigenvalue weighted by atomic mass is 35.5. The van der Waals surface area contributed by atoms with Crippen LogP contribution in [0.4, 0.5) is 11.4 Å². The van der Waals surface area contributed by atoms with Gasteiger partial charge in [0.2, 0.25) is 10.0 Å². The second-order valence-electron chi connectivity index (χ2n) is 5.08. The fourth-order valence-electron chi connectivity index (χ4n) is 2.19. The van der Waals surface area contributed by atoms with E-state index in [0.717, 1.165) is 15.9 Å². The average Bonchev–Trinajstić information content (AvgIpc) is 2.54. The minimum absolute atomic E-state index is 0.102. The van der Waals surface area contributed by atoms with Gasteiger partial charge in [-0.15, -0.1) is 0 Å². The zero-order valence-corrected chi connectivity index (χ0v) is 14.6. The normalized spacial score (nSPS) is 11.5. The first kappa shape index (κ1) is 18.2. The Bertz CT molecular complexity index is 871. The van der Waals surface area contributed by atoms with Gasteiger partial charge < -0.3 is 5.32 Å². The van der Waals surface area contributed by atoms with Crippen molar-refractivity contribution in [2.75, 3.05) is 19.4 Å². The van der Waals surface area contributed by atoms with Crippen LogP contribution in [0.3, 0.4) is 0 Å². The second kappa shape index (κ2) is 7.16. The molecular weight excluding hydrogens is 354 g/mol. The maximum atomic E-state index is 12.6. The summed E-state index contributed by atoms with van der Waals surface area (Å²) in [5, 5.41) is 14.3. The van der Waals surface area contributed by atoms with Crippen LogP contribution in [0.25, 0.3) is 0 Å². The van der Waals surface area contributed by atoms with E-state index >= 15 is 0 Å². The molecule has 24 heavy (non-hydrogen) atoms. The molecule has 0 aliphatic carbocycles. The maximum Gasteiger partial charge on any atom is 0.293 e. The molecule has 0 unspecified atom stereocenters. The third-order valence-corrected chi connectivity index (χ3v) is 5.47. The number of halogens is 1. The van der Waals surface area contributed by atoms with E-state index in [9.17, 15) is 18.5 Å². The van der Waals surface area contributed by atoms with Crippen molar-refractivity contribution < 1.29 is 13.3 Å². The molecule has 0 amide bonds. The van der Waals surface area contributed by atoms with Crippen LogP contribution in [0, 0.1) is 10.1 Å². The number of nitrogens with one attached hydrogen (secondary N) is 1. The smallest absolute Gasteiger partial charge is 0.293 e. The van der Waals surface area contributed by atoms with Gasteiger partial charge >= 0.3 is 0 Å². The van der Waals surface area contributed by atoms with E-state index < -0.39 is 14.9 Å². The summed E-state index contributed by atoms with van der Waals surface area (Å²) in [4.78, 5) is 10.3. The Balaban J connectivity index is 2.35. The molecule has 7 nitrogen and oxygen atoms in total. The van der Waals surface area contributed by atoms with E-state index in [-0.39, 0.29) is 22.8 Å². The molecule has 0 radical (unpaired) electrons. The molecule has 2 aromatic carbocycles. The Hall–Kier alpha value is -2.16. The SMILES string of the molecule is CNc1ccc(S(=O)(=O)N(C)Cc2cccc(Cl)c2)cc1[N+](=O)[O-]. The number of sulfonamides is 1. The van der Waals surface area contributed by atoms with Crippen LogP contribution >= 0.6 is 11.6 Å². The van der Waals surface area contributed by atoms with E-state index in [0.29, 0.717) is 5.02 Å². The zero-order valence-electron chi connectivity index (χ0n) is 13.1. The zero-order chi connectivity index (χ0) is 17.9. The van der Waals surface area contributed by atoms with E-state index in [1.165, 1.54) is 26.2 Å². The third-order valence-electron chi connectivity index (χ3n) is 3.44. The lowest BCUT2D eigenvalue weighted by Crippen LogP contribution is -2.26. The molecule has 0 aliphatic heterocycles. The fraction of sp³-hybridized carbons (Fsp3) is 0.200. The molecule has 1 N–H and O–H groups in total. The number of hydrogen-bond acceptors (Lipinski definition) is 5. The van der Waals surface area contributed by atoms with Gasteiger partial charge in [0.1, 0.15) is 5.69 Å². The molecule has 2 aromatic rings. The van der Waals surface area contributed by atoms with Gasteiger partial charge in [-0.1, -0.05) is 23.7 Å². The summed E-state index contributed by atoms with van der Waals surface area (Å²) in [6.45, 7) is 0.102. The van der Waals surface area contributed by atoms with E-state index in [1.807, 2.05) is 0 Å². The standard InChI is InChI=1S/C15H16ClN3O4S/c1-17-14-7-6-13(9-15(14)19(20)21)24(22,23)18(2)10-11-4-3-5-12(16)8-11/h3-9,17H,10H2,1-2H3. The largest absolute Gasteiger partial charge is 0.383 e. The Morgan fingerprint density at radius 3 is 2.54 bits per heavy atom. The molecule has 0 fully saturated rings. The fourth-order valence-corrected chi connectivity index (χ4v) is 3.58. The van der Waals surface area contributed by atoms with Crippen molar-refractivity contribution >= 4 is 33.0 Å². The first-order valence-corrected chi connectivity index (χ1v) is 8.74. The summed E-state index contributed by atoms with van der Waals surface area (Å²) in [5.41, 5.74) is 0.668. The van der Waals surface area contributed by atoms with Gasteiger partial charge in [-0.25, -0.2) is 8.42 Å². The van der Waals surface area contributed by atoms with Crippen LogP contribution in [-0.4, -0.2) is 31.7 Å². The molecular formula is C15H16ClN3O4S. The van der Waals surface area contributed by atoms with Crippen LogP contribution in [0.5, 0.6) is 0 Å². The van der Waals surface area contributed by atoms with Crippen molar-refractivity contribution in [1.82, 2.24) is 4.31 Å². The topological polar surface area (TPSA) is 92.6 Å². The lowest BCUT2D eigenvalue weighted by atomic mass is 10.2. The van der Waals surface area contributed by atoms with Gasteiger partial charge in [0.05, 0.1) is 9.82 Å². The Morgan fingerprint density at radius 1 is 1.25 bits per heavy atom. The number of nitro groups is 1. The quantitative estimate of drug-likeness (QED) is 0.623. The highest BCUT2D eigenvalue weighted by Gasteiger charge is 2.25. The van der Waals surface area contributed by atoms with E-state index in [1.54, 1.807) is 24.3 Å². The summed E-state index contributed by atoms with van der Waals surface area (Å²) in [6, 6.07) is 10.6. The predicted molar refractivity (Wildman–Crippen MR) is 92.7 cm³/mol. The number of anilines is 1. The first-order valence-electron chi connectivity index (χ1n) is 6.92. The Labute approximate surface area is 145 Å². The van der Waals surface area contributed by atoms with Gasteiger partial charge in [0.25, 0.3) is 5.69 Å². The lowest BCUT2D eigenvalue weighted by molar-refractivity contribution is -0.384. The number of rotatable bonds is 6. The number of nitro benzene ring substituents is 1. The molecule has 0 saturated heterocycles. The summed E-state index contributed by atoms with van der Waals surface area (Å²) >= 11 is 5.90.